The van der Waals surface area contributed by atoms with Crippen LogP contribution in [0.3, 0.4) is 0 Å². The summed E-state index contributed by atoms with van der Waals surface area (Å²) in [6.07, 6.45) is 2.96. The molecule has 1 aliphatic carbocycles. The first kappa shape index (κ1) is 11.1. The van der Waals surface area contributed by atoms with Crippen molar-refractivity contribution in [2.45, 2.75) is 19.3 Å². The molecule has 2 rings (SSSR count). The zero-order valence-corrected chi connectivity index (χ0v) is 9.53. The van der Waals surface area contributed by atoms with Crippen molar-refractivity contribution in [3.63, 3.8) is 0 Å². The van der Waals surface area contributed by atoms with Gasteiger partial charge in [0, 0.05) is 17.5 Å². The molecule has 1 aromatic rings. The number of carbonyl (C=O) groups excluding carboxylic acids is 1. The van der Waals surface area contributed by atoms with Crippen LogP contribution in [0.5, 0.6) is 5.75 Å². The van der Waals surface area contributed by atoms with Gasteiger partial charge in [0.25, 0.3) is 0 Å². The predicted molar refractivity (Wildman–Crippen MR) is 62.7 cm³/mol. The first-order valence-electron chi connectivity index (χ1n) is 5.61. The number of benzene rings is 1. The maximum Gasteiger partial charge on any atom is 0.170 e. The largest absolute Gasteiger partial charge is 0.497 e. The standard InChI is InChI=1S/C13H17NO2/c1-16-11-5-3-10(4-6-11)12(15)13(9-14)7-2-8-13/h3-6H,2,7-9,14H2,1H3. The lowest BCUT2D eigenvalue weighted by molar-refractivity contribution is 0.0636. The molecule has 1 aliphatic rings. The lowest BCUT2D eigenvalue weighted by atomic mass is 9.64. The molecule has 0 heterocycles. The highest BCUT2D eigenvalue weighted by atomic mass is 16.5. The molecule has 1 fully saturated rings. The molecule has 16 heavy (non-hydrogen) atoms. The molecule has 3 nitrogen and oxygen atoms in total. The van der Waals surface area contributed by atoms with Gasteiger partial charge in [-0.25, -0.2) is 0 Å². The van der Waals surface area contributed by atoms with E-state index < -0.39 is 0 Å². The number of ketones is 1. The number of rotatable bonds is 4. The van der Waals surface area contributed by atoms with Crippen molar-refractivity contribution >= 4 is 5.78 Å². The van der Waals surface area contributed by atoms with E-state index in [0.29, 0.717) is 6.54 Å². The van der Waals surface area contributed by atoms with Gasteiger partial charge in [-0.05, 0) is 37.1 Å². The van der Waals surface area contributed by atoms with Gasteiger partial charge in [0.2, 0.25) is 0 Å². The second kappa shape index (κ2) is 4.26. The molecular weight excluding hydrogens is 202 g/mol. The summed E-state index contributed by atoms with van der Waals surface area (Å²) in [5.41, 5.74) is 6.18. The van der Waals surface area contributed by atoms with E-state index in [1.54, 1.807) is 7.11 Å². The van der Waals surface area contributed by atoms with Crippen LogP contribution in [0.1, 0.15) is 29.6 Å². The summed E-state index contributed by atoms with van der Waals surface area (Å²) in [4.78, 5) is 12.3. The highest BCUT2D eigenvalue weighted by Crippen LogP contribution is 2.42. The Morgan fingerprint density at radius 2 is 2.00 bits per heavy atom. The Labute approximate surface area is 95.6 Å². The van der Waals surface area contributed by atoms with Gasteiger partial charge in [-0.1, -0.05) is 6.42 Å². The summed E-state index contributed by atoms with van der Waals surface area (Å²) in [6, 6.07) is 7.26. The molecule has 0 saturated heterocycles. The lowest BCUT2D eigenvalue weighted by Gasteiger charge is -2.39. The highest BCUT2D eigenvalue weighted by molar-refractivity contribution is 6.01. The van der Waals surface area contributed by atoms with Crippen LogP contribution in [-0.4, -0.2) is 19.4 Å². The van der Waals surface area contributed by atoms with Gasteiger partial charge < -0.3 is 10.5 Å². The minimum atomic E-state index is -0.283. The molecule has 0 radical (unpaired) electrons. The number of hydrogen-bond donors (Lipinski definition) is 1. The van der Waals surface area contributed by atoms with Crippen molar-refractivity contribution in [2.24, 2.45) is 11.1 Å². The Bertz CT molecular complexity index is 374. The van der Waals surface area contributed by atoms with Crippen LogP contribution >= 0.6 is 0 Å². The molecule has 1 aromatic carbocycles. The summed E-state index contributed by atoms with van der Waals surface area (Å²) < 4.78 is 5.07. The Morgan fingerprint density at radius 1 is 1.38 bits per heavy atom. The average molecular weight is 219 g/mol. The smallest absolute Gasteiger partial charge is 0.170 e. The van der Waals surface area contributed by atoms with Gasteiger partial charge in [0.15, 0.2) is 5.78 Å². The molecule has 0 bridgehead atoms. The number of Topliss-reactive ketones (excluding diaryl/α,β-unsaturated/α-hetero) is 1. The summed E-state index contributed by atoms with van der Waals surface area (Å²) in [6.45, 7) is 0.456. The lowest BCUT2D eigenvalue weighted by Crippen LogP contribution is -2.44. The van der Waals surface area contributed by atoms with Crippen LogP contribution in [-0.2, 0) is 0 Å². The third-order valence-corrected chi connectivity index (χ3v) is 3.54. The molecule has 0 aromatic heterocycles. The monoisotopic (exact) mass is 219 g/mol. The second-order valence-corrected chi connectivity index (χ2v) is 4.40. The van der Waals surface area contributed by atoms with E-state index in [1.807, 2.05) is 24.3 Å². The number of nitrogens with two attached hydrogens (primary N) is 1. The molecule has 0 unspecified atom stereocenters. The Kier molecular flexibility index (Phi) is 2.97. The summed E-state index contributed by atoms with van der Waals surface area (Å²) in [7, 11) is 1.62. The molecule has 2 N–H and O–H groups in total. The van der Waals surface area contributed by atoms with Crippen molar-refractivity contribution in [3.8, 4) is 5.75 Å². The Morgan fingerprint density at radius 3 is 2.38 bits per heavy atom. The second-order valence-electron chi connectivity index (χ2n) is 4.40. The highest BCUT2D eigenvalue weighted by Gasteiger charge is 2.42. The summed E-state index contributed by atoms with van der Waals surface area (Å²) in [5.74, 6) is 0.955. The number of methoxy groups -OCH3 is 1. The van der Waals surface area contributed by atoms with Gasteiger partial charge in [0.05, 0.1) is 7.11 Å². The Balaban J connectivity index is 2.20. The van der Waals surface area contributed by atoms with Crippen molar-refractivity contribution in [1.82, 2.24) is 0 Å². The van der Waals surface area contributed by atoms with Crippen molar-refractivity contribution in [1.29, 1.82) is 0 Å². The first-order valence-corrected chi connectivity index (χ1v) is 5.61. The van der Waals surface area contributed by atoms with Crippen LogP contribution in [0, 0.1) is 5.41 Å². The molecule has 0 spiro atoms. The fraction of sp³-hybridized carbons (Fsp3) is 0.462. The zero-order valence-electron chi connectivity index (χ0n) is 9.53. The molecule has 0 aliphatic heterocycles. The van der Waals surface area contributed by atoms with Crippen LogP contribution in [0.15, 0.2) is 24.3 Å². The maximum atomic E-state index is 12.3. The number of ether oxygens (including phenoxy) is 1. The topological polar surface area (TPSA) is 52.3 Å². The fourth-order valence-electron chi connectivity index (χ4n) is 2.18. The van der Waals surface area contributed by atoms with E-state index >= 15 is 0 Å². The van der Waals surface area contributed by atoms with Crippen molar-refractivity contribution in [2.75, 3.05) is 13.7 Å². The predicted octanol–water partition coefficient (Wildman–Crippen LogP) is 2.01. The van der Waals surface area contributed by atoms with Gasteiger partial charge in [-0.2, -0.15) is 0 Å². The number of carbonyl (C=O) groups is 1. The van der Waals surface area contributed by atoms with E-state index in [1.165, 1.54) is 0 Å². The van der Waals surface area contributed by atoms with Crippen LogP contribution in [0.4, 0.5) is 0 Å². The normalized spacial score (nSPS) is 17.6. The molecule has 86 valence electrons. The summed E-state index contributed by atoms with van der Waals surface area (Å²) >= 11 is 0. The van der Waals surface area contributed by atoms with E-state index in [9.17, 15) is 4.79 Å². The van der Waals surface area contributed by atoms with Crippen LogP contribution in [0.25, 0.3) is 0 Å². The molecular formula is C13H17NO2. The van der Waals surface area contributed by atoms with Gasteiger partial charge in [-0.3, -0.25) is 4.79 Å². The quantitative estimate of drug-likeness (QED) is 0.788. The van der Waals surface area contributed by atoms with E-state index in [2.05, 4.69) is 0 Å². The fourth-order valence-corrected chi connectivity index (χ4v) is 2.18. The van der Waals surface area contributed by atoms with Gasteiger partial charge in [-0.15, -0.1) is 0 Å². The molecule has 1 saturated carbocycles. The van der Waals surface area contributed by atoms with Crippen molar-refractivity contribution in [3.05, 3.63) is 29.8 Å². The van der Waals surface area contributed by atoms with E-state index in [-0.39, 0.29) is 11.2 Å². The SMILES string of the molecule is COc1ccc(C(=O)C2(CN)CCC2)cc1. The maximum absolute atomic E-state index is 12.3. The van der Waals surface area contributed by atoms with Gasteiger partial charge >= 0.3 is 0 Å². The average Bonchev–Trinajstić information content (AvgIpc) is 2.28. The third kappa shape index (κ3) is 1.71. The minimum absolute atomic E-state index is 0.184. The van der Waals surface area contributed by atoms with Crippen molar-refractivity contribution < 1.29 is 9.53 Å². The third-order valence-electron chi connectivity index (χ3n) is 3.54. The molecule has 0 amide bonds. The van der Waals surface area contributed by atoms with E-state index in [0.717, 1.165) is 30.6 Å². The zero-order chi connectivity index (χ0) is 11.6. The minimum Gasteiger partial charge on any atom is -0.497 e. The summed E-state index contributed by atoms with van der Waals surface area (Å²) in [5, 5.41) is 0. The molecule has 0 atom stereocenters. The van der Waals surface area contributed by atoms with Crippen LogP contribution in [0.2, 0.25) is 0 Å². The molecule has 3 heteroatoms. The first-order chi connectivity index (χ1) is 7.72. The van der Waals surface area contributed by atoms with Gasteiger partial charge in [0.1, 0.15) is 5.75 Å². The Hall–Kier alpha value is -1.35. The van der Waals surface area contributed by atoms with Crippen LogP contribution < -0.4 is 10.5 Å². The van der Waals surface area contributed by atoms with E-state index in [4.69, 9.17) is 10.5 Å². The number of hydrogen-bond acceptors (Lipinski definition) is 3.